The summed E-state index contributed by atoms with van der Waals surface area (Å²) in [6.45, 7) is 0. The fourth-order valence-electron chi connectivity index (χ4n) is 5.11. The van der Waals surface area contributed by atoms with Crippen LogP contribution in [0.15, 0.2) is 71.9 Å². The quantitative estimate of drug-likeness (QED) is 0.355. The largest absolute Gasteiger partial charge is 0.508 e. The van der Waals surface area contributed by atoms with Gasteiger partial charge in [0.15, 0.2) is 0 Å². The van der Waals surface area contributed by atoms with Crippen molar-refractivity contribution in [1.29, 1.82) is 0 Å². The van der Waals surface area contributed by atoms with E-state index in [1.54, 1.807) is 4.57 Å². The number of hydrogen-bond acceptors (Lipinski definition) is 7. The van der Waals surface area contributed by atoms with Crippen molar-refractivity contribution in [3.63, 3.8) is 0 Å². The monoisotopic (exact) mass is 471 g/mol. The van der Waals surface area contributed by atoms with Gasteiger partial charge in [-0.25, -0.2) is 0 Å². The summed E-state index contributed by atoms with van der Waals surface area (Å²) >= 11 is 0. The fourth-order valence-corrected chi connectivity index (χ4v) is 5.11. The van der Waals surface area contributed by atoms with Gasteiger partial charge in [-0.1, -0.05) is 19.3 Å². The molecule has 2 aromatic carbocycles. The molecule has 3 heterocycles. The van der Waals surface area contributed by atoms with Crippen LogP contribution in [0, 0.1) is 0 Å². The maximum Gasteiger partial charge on any atom is 0.295 e. The third kappa shape index (κ3) is 3.32. The van der Waals surface area contributed by atoms with Gasteiger partial charge in [0.25, 0.3) is 5.56 Å². The first-order chi connectivity index (χ1) is 16.9. The Morgan fingerprint density at radius 3 is 2.14 bits per heavy atom. The molecule has 5 aromatic rings. The van der Waals surface area contributed by atoms with Crippen molar-refractivity contribution in [2.75, 3.05) is 0 Å². The summed E-state index contributed by atoms with van der Waals surface area (Å²) in [5.41, 5.74) is -0.630. The molecule has 3 aromatic heterocycles. The van der Waals surface area contributed by atoms with Crippen LogP contribution < -0.4 is 16.4 Å². The van der Waals surface area contributed by atoms with Gasteiger partial charge in [-0.15, -0.1) is 0 Å². The molecule has 8 heteroatoms. The summed E-state index contributed by atoms with van der Waals surface area (Å²) in [4.78, 5) is 40.6. The minimum Gasteiger partial charge on any atom is -0.508 e. The van der Waals surface area contributed by atoms with E-state index in [2.05, 4.69) is 0 Å². The first-order valence-corrected chi connectivity index (χ1v) is 11.5. The molecule has 1 fully saturated rings. The van der Waals surface area contributed by atoms with Crippen LogP contribution in [0.4, 0.5) is 0 Å². The maximum absolute atomic E-state index is 13.8. The first-order valence-electron chi connectivity index (χ1n) is 11.5. The average molecular weight is 471 g/mol. The summed E-state index contributed by atoms with van der Waals surface area (Å²) in [6.07, 6.45) is 5.72. The molecule has 6 rings (SSSR count). The zero-order valence-electron chi connectivity index (χ0n) is 18.6. The second kappa shape index (κ2) is 7.87. The Balaban J connectivity index is 1.73. The lowest BCUT2D eigenvalue weighted by atomic mass is 9.94. The van der Waals surface area contributed by atoms with Crippen molar-refractivity contribution >= 4 is 32.9 Å². The number of aromatic nitrogens is 1. The number of aromatic hydroxyl groups is 2. The molecule has 0 saturated heterocycles. The molecule has 0 bridgehead atoms. The molecule has 176 valence electrons. The Bertz CT molecular complexity index is 1820. The highest BCUT2D eigenvalue weighted by molar-refractivity contribution is 5.92. The van der Waals surface area contributed by atoms with E-state index < -0.39 is 11.0 Å². The molecule has 0 atom stereocenters. The van der Waals surface area contributed by atoms with Crippen LogP contribution in [0.25, 0.3) is 44.2 Å². The molecular weight excluding hydrogens is 450 g/mol. The smallest absolute Gasteiger partial charge is 0.295 e. The molecule has 35 heavy (non-hydrogen) atoms. The van der Waals surface area contributed by atoms with E-state index in [0.717, 1.165) is 32.1 Å². The van der Waals surface area contributed by atoms with E-state index in [0.29, 0.717) is 5.69 Å². The van der Waals surface area contributed by atoms with Crippen molar-refractivity contribution < 1.29 is 19.0 Å². The second-order valence-electron chi connectivity index (χ2n) is 9.01. The van der Waals surface area contributed by atoms with Crippen molar-refractivity contribution in [3.8, 4) is 22.8 Å². The van der Waals surface area contributed by atoms with E-state index >= 15 is 0 Å². The van der Waals surface area contributed by atoms with Gasteiger partial charge in [0.2, 0.25) is 16.4 Å². The number of phenolic OH excluding ortho intramolecular Hbond substituents is 2. The fraction of sp³-hybridized carbons (Fsp3) is 0.222. The molecule has 0 unspecified atom stereocenters. The Morgan fingerprint density at radius 2 is 1.43 bits per heavy atom. The summed E-state index contributed by atoms with van der Waals surface area (Å²) < 4.78 is 13.1. The van der Waals surface area contributed by atoms with Gasteiger partial charge in [-0.05, 0) is 43.2 Å². The van der Waals surface area contributed by atoms with Crippen LogP contribution in [0.2, 0.25) is 0 Å². The molecule has 1 aliphatic rings. The highest BCUT2D eigenvalue weighted by Gasteiger charge is 2.25. The van der Waals surface area contributed by atoms with Gasteiger partial charge < -0.3 is 23.6 Å². The summed E-state index contributed by atoms with van der Waals surface area (Å²) in [6, 6.07) is 9.71. The van der Waals surface area contributed by atoms with E-state index in [1.807, 2.05) is 0 Å². The SMILES string of the molecule is O=c1c(-c2cc3c(=O)c4ccc(O)cc4oc3c(=O)n2C2CCCCC2)coc2cc(O)ccc12. The minimum atomic E-state index is -0.503. The van der Waals surface area contributed by atoms with Crippen LogP contribution in [0.1, 0.15) is 38.1 Å². The van der Waals surface area contributed by atoms with Crippen molar-refractivity contribution in [1.82, 2.24) is 4.57 Å². The predicted octanol–water partition coefficient (Wildman–Crippen LogP) is 4.80. The molecule has 0 spiro atoms. The third-order valence-corrected chi connectivity index (χ3v) is 6.84. The van der Waals surface area contributed by atoms with Gasteiger partial charge in [0.1, 0.15) is 28.9 Å². The van der Waals surface area contributed by atoms with Crippen LogP contribution in [0.5, 0.6) is 11.5 Å². The number of phenols is 2. The highest BCUT2D eigenvalue weighted by Crippen LogP contribution is 2.33. The standard InChI is InChI=1S/C27H21NO7/c29-15-6-8-17-22(10-15)34-13-20(25(17)32)21-12-19-24(31)18-9-7-16(30)11-23(18)35-26(19)27(33)28(21)14-4-2-1-3-5-14/h6-14,29-30H,1-5H2. The van der Waals surface area contributed by atoms with Crippen LogP contribution >= 0.6 is 0 Å². The molecular formula is C27H21NO7. The number of nitrogens with zero attached hydrogens (tertiary/aromatic N) is 1. The first kappa shape index (κ1) is 21.2. The number of benzene rings is 2. The number of rotatable bonds is 2. The lowest BCUT2D eigenvalue weighted by Crippen LogP contribution is -2.30. The highest BCUT2D eigenvalue weighted by atomic mass is 16.3. The lowest BCUT2D eigenvalue weighted by molar-refractivity contribution is 0.348. The second-order valence-corrected chi connectivity index (χ2v) is 9.01. The van der Waals surface area contributed by atoms with Crippen LogP contribution in [-0.4, -0.2) is 14.8 Å². The topological polar surface area (TPSA) is 123 Å². The van der Waals surface area contributed by atoms with Gasteiger partial charge in [-0.3, -0.25) is 14.4 Å². The minimum absolute atomic E-state index is 0.0336. The molecule has 0 radical (unpaired) electrons. The Hall–Kier alpha value is -4.33. The van der Waals surface area contributed by atoms with Crippen molar-refractivity contribution in [2.24, 2.45) is 0 Å². The van der Waals surface area contributed by atoms with Gasteiger partial charge >= 0.3 is 0 Å². The molecule has 8 nitrogen and oxygen atoms in total. The van der Waals surface area contributed by atoms with Crippen LogP contribution in [0.3, 0.4) is 0 Å². The van der Waals surface area contributed by atoms with Gasteiger partial charge in [-0.2, -0.15) is 0 Å². The van der Waals surface area contributed by atoms with Crippen molar-refractivity contribution in [3.05, 3.63) is 79.5 Å². The van der Waals surface area contributed by atoms with Gasteiger partial charge in [0, 0.05) is 18.2 Å². The van der Waals surface area contributed by atoms with Crippen LogP contribution in [-0.2, 0) is 0 Å². The van der Waals surface area contributed by atoms with E-state index in [9.17, 15) is 24.6 Å². The molecule has 1 aliphatic carbocycles. The molecule has 0 amide bonds. The molecule has 1 saturated carbocycles. The summed E-state index contributed by atoms with van der Waals surface area (Å²) in [5.74, 6) is -0.113. The zero-order valence-corrected chi connectivity index (χ0v) is 18.6. The van der Waals surface area contributed by atoms with Crippen molar-refractivity contribution in [2.45, 2.75) is 38.1 Å². The lowest BCUT2D eigenvalue weighted by Gasteiger charge is -2.26. The Kier molecular flexibility index (Phi) is 4.77. The maximum atomic E-state index is 13.8. The number of fused-ring (bicyclic) bond motifs is 3. The molecule has 2 N–H and O–H groups in total. The van der Waals surface area contributed by atoms with E-state index in [1.165, 1.54) is 48.7 Å². The summed E-state index contributed by atoms with van der Waals surface area (Å²) in [7, 11) is 0. The third-order valence-electron chi connectivity index (χ3n) is 6.84. The summed E-state index contributed by atoms with van der Waals surface area (Å²) in [5, 5.41) is 20.1. The van der Waals surface area contributed by atoms with E-state index in [-0.39, 0.29) is 61.4 Å². The van der Waals surface area contributed by atoms with E-state index in [4.69, 9.17) is 8.83 Å². The number of pyridine rings is 1. The Morgan fingerprint density at radius 1 is 0.771 bits per heavy atom. The normalized spacial score (nSPS) is 14.7. The predicted molar refractivity (Wildman–Crippen MR) is 131 cm³/mol. The zero-order chi connectivity index (χ0) is 24.3. The average Bonchev–Trinajstić information content (AvgIpc) is 2.85. The molecule has 0 aliphatic heterocycles. The number of hydrogen-bond donors (Lipinski definition) is 2. The van der Waals surface area contributed by atoms with Gasteiger partial charge in [0.05, 0.1) is 27.4 Å². The Labute approximate surface area is 197 Å².